The maximum Gasteiger partial charge on any atom is 0.248 e. The number of hydrogen-bond donors (Lipinski definition) is 2. The number of aromatic amines is 1. The van der Waals surface area contributed by atoms with E-state index in [1.807, 2.05) is 37.3 Å². The Bertz CT molecular complexity index is 599. The monoisotopic (exact) mass is 270 g/mol. The van der Waals surface area contributed by atoms with Gasteiger partial charge in [-0.15, -0.1) is 5.10 Å². The van der Waals surface area contributed by atoms with Crippen LogP contribution in [0.25, 0.3) is 0 Å². The Morgan fingerprint density at radius 1 is 1.25 bits per heavy atom. The van der Waals surface area contributed by atoms with Gasteiger partial charge >= 0.3 is 0 Å². The lowest BCUT2D eigenvalue weighted by Crippen LogP contribution is -2.38. The molecule has 0 aliphatic heterocycles. The smallest absolute Gasteiger partial charge is 0.248 e. The number of aromatic nitrogens is 3. The number of nitrogens with one attached hydrogen (secondary N) is 2. The molecule has 2 N–H and O–H groups in total. The zero-order valence-electron chi connectivity index (χ0n) is 11.5. The average molecular weight is 270 g/mol. The van der Waals surface area contributed by atoms with Crippen LogP contribution in [0.15, 0.2) is 30.3 Å². The SMILES string of the molecule is Cc1nc(NC(=O)C2(c3ccccc3)CCCC2)n[nH]1. The molecule has 1 fully saturated rings. The zero-order valence-corrected chi connectivity index (χ0v) is 11.5. The van der Waals surface area contributed by atoms with E-state index in [1.54, 1.807) is 0 Å². The Balaban J connectivity index is 1.89. The first kappa shape index (κ1) is 12.8. The number of anilines is 1. The van der Waals surface area contributed by atoms with E-state index in [-0.39, 0.29) is 5.91 Å². The summed E-state index contributed by atoms with van der Waals surface area (Å²) in [6.07, 6.45) is 3.92. The Morgan fingerprint density at radius 3 is 2.55 bits per heavy atom. The maximum atomic E-state index is 12.7. The topological polar surface area (TPSA) is 70.7 Å². The van der Waals surface area contributed by atoms with Crippen molar-refractivity contribution in [3.63, 3.8) is 0 Å². The molecule has 1 saturated carbocycles. The van der Waals surface area contributed by atoms with Crippen LogP contribution < -0.4 is 5.32 Å². The lowest BCUT2D eigenvalue weighted by molar-refractivity contribution is -0.121. The van der Waals surface area contributed by atoms with E-state index >= 15 is 0 Å². The Hall–Kier alpha value is -2.17. The third-order valence-electron chi connectivity index (χ3n) is 4.04. The first-order chi connectivity index (χ1) is 9.71. The van der Waals surface area contributed by atoms with Gasteiger partial charge in [-0.1, -0.05) is 43.2 Å². The molecule has 1 aliphatic rings. The molecular weight excluding hydrogens is 252 g/mol. The molecule has 1 aromatic heterocycles. The van der Waals surface area contributed by atoms with Gasteiger partial charge in [0.1, 0.15) is 5.82 Å². The molecule has 20 heavy (non-hydrogen) atoms. The fraction of sp³-hybridized carbons (Fsp3) is 0.400. The second-order valence-corrected chi connectivity index (χ2v) is 5.35. The van der Waals surface area contributed by atoms with Crippen LogP contribution >= 0.6 is 0 Å². The van der Waals surface area contributed by atoms with Crippen molar-refractivity contribution >= 4 is 11.9 Å². The number of rotatable bonds is 3. The molecule has 1 heterocycles. The van der Waals surface area contributed by atoms with E-state index < -0.39 is 5.41 Å². The van der Waals surface area contributed by atoms with Crippen LogP contribution in [-0.2, 0) is 10.2 Å². The van der Waals surface area contributed by atoms with Gasteiger partial charge in [0.25, 0.3) is 0 Å². The van der Waals surface area contributed by atoms with Gasteiger partial charge in [0.05, 0.1) is 5.41 Å². The van der Waals surface area contributed by atoms with Gasteiger partial charge in [-0.3, -0.25) is 15.2 Å². The average Bonchev–Trinajstić information content (AvgIpc) is 3.10. The Morgan fingerprint density at radius 2 is 1.95 bits per heavy atom. The molecule has 104 valence electrons. The van der Waals surface area contributed by atoms with Crippen LogP contribution in [0.2, 0.25) is 0 Å². The maximum absolute atomic E-state index is 12.7. The second-order valence-electron chi connectivity index (χ2n) is 5.35. The van der Waals surface area contributed by atoms with Crippen molar-refractivity contribution in [2.45, 2.75) is 38.0 Å². The molecular formula is C15H18N4O. The minimum atomic E-state index is -0.435. The van der Waals surface area contributed by atoms with Gasteiger partial charge in [0.15, 0.2) is 0 Å². The molecule has 0 bridgehead atoms. The Labute approximate surface area is 117 Å². The van der Waals surface area contributed by atoms with Crippen LogP contribution in [0.3, 0.4) is 0 Å². The van der Waals surface area contributed by atoms with Crippen LogP contribution in [0.5, 0.6) is 0 Å². The van der Waals surface area contributed by atoms with Crippen LogP contribution in [0.1, 0.15) is 37.1 Å². The van der Waals surface area contributed by atoms with Crippen LogP contribution in [0.4, 0.5) is 5.95 Å². The predicted molar refractivity (Wildman–Crippen MR) is 76.3 cm³/mol. The van der Waals surface area contributed by atoms with Gasteiger partial charge in [0.2, 0.25) is 11.9 Å². The van der Waals surface area contributed by atoms with Gasteiger partial charge in [0, 0.05) is 0 Å². The minimum Gasteiger partial charge on any atom is -0.292 e. The molecule has 0 unspecified atom stereocenters. The van der Waals surface area contributed by atoms with Crippen molar-refractivity contribution in [1.29, 1.82) is 0 Å². The van der Waals surface area contributed by atoms with E-state index in [1.165, 1.54) is 0 Å². The summed E-state index contributed by atoms with van der Waals surface area (Å²) in [5, 5.41) is 9.58. The van der Waals surface area contributed by atoms with E-state index in [4.69, 9.17) is 0 Å². The molecule has 0 atom stereocenters. The number of H-pyrrole nitrogens is 1. The number of nitrogens with zero attached hydrogens (tertiary/aromatic N) is 2. The van der Waals surface area contributed by atoms with E-state index in [9.17, 15) is 4.79 Å². The standard InChI is InChI=1S/C15H18N4O/c1-11-16-14(19-18-11)17-13(20)15(9-5-6-10-15)12-7-3-2-4-8-12/h2-4,7-8H,5-6,9-10H2,1H3,(H2,16,17,18,19,20). The van der Waals surface area contributed by atoms with Crippen molar-refractivity contribution in [3.05, 3.63) is 41.7 Å². The summed E-state index contributed by atoms with van der Waals surface area (Å²) < 4.78 is 0. The van der Waals surface area contributed by atoms with Gasteiger partial charge in [-0.25, -0.2) is 0 Å². The molecule has 5 nitrogen and oxygen atoms in total. The normalized spacial score (nSPS) is 17.1. The van der Waals surface area contributed by atoms with E-state index in [0.717, 1.165) is 31.2 Å². The van der Waals surface area contributed by atoms with Gasteiger partial charge in [-0.2, -0.15) is 4.98 Å². The first-order valence-electron chi connectivity index (χ1n) is 6.97. The van der Waals surface area contributed by atoms with Crippen molar-refractivity contribution in [3.8, 4) is 0 Å². The van der Waals surface area contributed by atoms with Crippen molar-refractivity contribution in [1.82, 2.24) is 15.2 Å². The van der Waals surface area contributed by atoms with Crippen molar-refractivity contribution in [2.75, 3.05) is 5.32 Å². The third kappa shape index (κ3) is 2.19. The molecule has 1 aromatic carbocycles. The van der Waals surface area contributed by atoms with Crippen molar-refractivity contribution in [2.24, 2.45) is 0 Å². The van der Waals surface area contributed by atoms with Gasteiger partial charge in [-0.05, 0) is 25.3 Å². The largest absolute Gasteiger partial charge is 0.292 e. The molecule has 0 radical (unpaired) electrons. The highest BCUT2D eigenvalue weighted by Gasteiger charge is 2.42. The molecule has 0 saturated heterocycles. The fourth-order valence-electron chi connectivity index (χ4n) is 3.00. The lowest BCUT2D eigenvalue weighted by atomic mass is 9.78. The highest BCUT2D eigenvalue weighted by atomic mass is 16.2. The lowest BCUT2D eigenvalue weighted by Gasteiger charge is -2.27. The summed E-state index contributed by atoms with van der Waals surface area (Å²) in [4.78, 5) is 16.9. The van der Waals surface area contributed by atoms with Gasteiger partial charge < -0.3 is 0 Å². The summed E-state index contributed by atoms with van der Waals surface area (Å²) in [5.41, 5.74) is 0.651. The number of amides is 1. The van der Waals surface area contributed by atoms with Crippen molar-refractivity contribution < 1.29 is 4.79 Å². The molecule has 5 heteroatoms. The summed E-state index contributed by atoms with van der Waals surface area (Å²) >= 11 is 0. The minimum absolute atomic E-state index is 0.000185. The molecule has 0 spiro atoms. The van der Waals surface area contributed by atoms with Crippen LogP contribution in [0, 0.1) is 6.92 Å². The van der Waals surface area contributed by atoms with E-state index in [0.29, 0.717) is 11.8 Å². The summed E-state index contributed by atoms with van der Waals surface area (Å²) in [7, 11) is 0. The fourth-order valence-corrected chi connectivity index (χ4v) is 3.00. The first-order valence-corrected chi connectivity index (χ1v) is 6.97. The number of carbonyl (C=O) groups excluding carboxylic acids is 1. The summed E-state index contributed by atoms with van der Waals surface area (Å²) in [6.45, 7) is 1.81. The highest BCUT2D eigenvalue weighted by Crippen LogP contribution is 2.41. The molecule has 3 rings (SSSR count). The third-order valence-corrected chi connectivity index (χ3v) is 4.04. The van der Waals surface area contributed by atoms with Crippen LogP contribution in [-0.4, -0.2) is 21.1 Å². The predicted octanol–water partition coefficient (Wildman–Crippen LogP) is 2.56. The number of hydrogen-bond acceptors (Lipinski definition) is 3. The number of carbonyl (C=O) groups is 1. The highest BCUT2D eigenvalue weighted by molar-refractivity contribution is 5.98. The number of benzene rings is 1. The second kappa shape index (κ2) is 5.07. The summed E-state index contributed by atoms with van der Waals surface area (Å²) in [5.74, 6) is 1.05. The van der Waals surface area contributed by atoms with E-state index in [2.05, 4.69) is 20.5 Å². The zero-order chi connectivity index (χ0) is 14.0. The molecule has 1 aliphatic carbocycles. The quantitative estimate of drug-likeness (QED) is 0.900. The molecule has 1 amide bonds. The number of aryl methyl sites for hydroxylation is 1. The molecule has 2 aromatic rings. The summed E-state index contributed by atoms with van der Waals surface area (Å²) in [6, 6.07) is 10.0. The Kier molecular flexibility index (Phi) is 3.26.